The largest absolute Gasteiger partial charge is 0.309 e. The van der Waals surface area contributed by atoms with Crippen LogP contribution in [0.25, 0.3) is 22.0 Å². The summed E-state index contributed by atoms with van der Waals surface area (Å²) in [5, 5.41) is 11.9. The van der Waals surface area contributed by atoms with Crippen LogP contribution >= 0.6 is 11.6 Å². The molecule has 0 aliphatic heterocycles. The fourth-order valence-corrected chi connectivity index (χ4v) is 3.05. The summed E-state index contributed by atoms with van der Waals surface area (Å²) in [6.07, 6.45) is 2.72. The zero-order chi connectivity index (χ0) is 17.6. The molecule has 4 rings (SSSR count). The molecule has 3 aromatic rings. The summed E-state index contributed by atoms with van der Waals surface area (Å²) in [6, 6.07) is 7.38. The number of amides is 1. The van der Waals surface area contributed by atoms with Crippen molar-refractivity contribution in [3.63, 3.8) is 0 Å². The van der Waals surface area contributed by atoms with Crippen LogP contribution in [-0.4, -0.2) is 27.3 Å². The fraction of sp³-hybridized carbons (Fsp3) is 0.222. The molecular formula is C18H14ClFN4O. The number of aromatic nitrogens is 3. The molecule has 126 valence electrons. The first-order valence-corrected chi connectivity index (χ1v) is 8.23. The van der Waals surface area contributed by atoms with Crippen molar-refractivity contribution < 1.29 is 9.18 Å². The number of aryl methyl sites for hydroxylation is 1. The molecule has 0 spiro atoms. The van der Waals surface area contributed by atoms with Crippen molar-refractivity contribution in [1.29, 1.82) is 0 Å². The first-order valence-electron chi connectivity index (χ1n) is 7.86. The summed E-state index contributed by atoms with van der Waals surface area (Å²) in [6.45, 7) is 1.97. The topological polar surface area (TPSA) is 67.8 Å². The van der Waals surface area contributed by atoms with Crippen molar-refractivity contribution in [2.45, 2.75) is 19.5 Å². The second-order valence-corrected chi connectivity index (χ2v) is 6.57. The van der Waals surface area contributed by atoms with Crippen molar-refractivity contribution in [3.05, 3.63) is 47.2 Å². The predicted octanol–water partition coefficient (Wildman–Crippen LogP) is 3.95. The van der Waals surface area contributed by atoms with E-state index in [4.69, 9.17) is 11.6 Å². The molecule has 2 atom stereocenters. The highest BCUT2D eigenvalue weighted by Crippen LogP contribution is 2.35. The van der Waals surface area contributed by atoms with Gasteiger partial charge in [0.05, 0.1) is 10.9 Å². The molecule has 1 fully saturated rings. The zero-order valence-electron chi connectivity index (χ0n) is 13.3. The van der Waals surface area contributed by atoms with Gasteiger partial charge in [-0.15, -0.1) is 10.2 Å². The molecule has 5 nitrogen and oxygen atoms in total. The molecule has 1 aliphatic carbocycles. The second-order valence-electron chi connectivity index (χ2n) is 6.16. The molecule has 25 heavy (non-hydrogen) atoms. The van der Waals surface area contributed by atoms with Gasteiger partial charge in [-0.25, -0.2) is 4.39 Å². The standard InChI is InChI=1S/C18H14ClFN4O/c1-9-8-21-3-2-12(9)10-4-11-6-16(22-18(25)13-7-15(13)20)23-24-17(11)14(19)5-10/h2-6,8,13,15H,7H2,1H3,(H,22,23,25). The van der Waals surface area contributed by atoms with Crippen LogP contribution in [0.4, 0.5) is 10.2 Å². The van der Waals surface area contributed by atoms with Gasteiger partial charge in [0.25, 0.3) is 0 Å². The maximum Gasteiger partial charge on any atom is 0.231 e. The van der Waals surface area contributed by atoms with Crippen molar-refractivity contribution in [2.75, 3.05) is 5.32 Å². The number of alkyl halides is 1. The van der Waals surface area contributed by atoms with Crippen molar-refractivity contribution in [2.24, 2.45) is 5.92 Å². The van der Waals surface area contributed by atoms with Crippen molar-refractivity contribution in [1.82, 2.24) is 15.2 Å². The second kappa shape index (κ2) is 6.04. The average Bonchev–Trinajstić information content (AvgIpc) is 3.32. The molecule has 1 saturated carbocycles. The van der Waals surface area contributed by atoms with Crippen LogP contribution in [0.3, 0.4) is 0 Å². The van der Waals surface area contributed by atoms with E-state index in [2.05, 4.69) is 20.5 Å². The van der Waals surface area contributed by atoms with Gasteiger partial charge in [-0.05, 0) is 54.3 Å². The number of rotatable bonds is 3. The van der Waals surface area contributed by atoms with Gasteiger partial charge in [0, 0.05) is 17.8 Å². The Labute approximate surface area is 148 Å². The molecule has 1 amide bonds. The minimum absolute atomic E-state index is 0.268. The highest BCUT2D eigenvalue weighted by atomic mass is 35.5. The Hall–Kier alpha value is -2.60. The number of anilines is 1. The molecule has 1 N–H and O–H groups in total. The minimum atomic E-state index is -1.05. The Morgan fingerprint density at radius 1 is 1.32 bits per heavy atom. The van der Waals surface area contributed by atoms with Crippen LogP contribution < -0.4 is 5.32 Å². The first kappa shape index (κ1) is 15.9. The SMILES string of the molecule is Cc1cnccc1-c1cc(Cl)c2nnc(NC(=O)C3CC3F)cc2c1. The predicted molar refractivity (Wildman–Crippen MR) is 94.1 cm³/mol. The van der Waals surface area contributed by atoms with E-state index in [9.17, 15) is 9.18 Å². The number of pyridine rings is 1. The molecule has 0 bridgehead atoms. The van der Waals surface area contributed by atoms with Crippen molar-refractivity contribution in [3.8, 4) is 11.1 Å². The summed E-state index contributed by atoms with van der Waals surface area (Å²) in [5.74, 6) is -0.656. The molecular weight excluding hydrogens is 343 g/mol. The van der Waals surface area contributed by atoms with E-state index in [1.165, 1.54) is 0 Å². The summed E-state index contributed by atoms with van der Waals surface area (Å²) in [5.41, 5.74) is 3.51. The average molecular weight is 357 g/mol. The van der Waals surface area contributed by atoms with Crippen LogP contribution in [0, 0.1) is 12.8 Å². The number of halogens is 2. The molecule has 1 aromatic carbocycles. The molecule has 2 unspecified atom stereocenters. The van der Waals surface area contributed by atoms with Crippen LogP contribution in [0.15, 0.2) is 36.7 Å². The van der Waals surface area contributed by atoms with Gasteiger partial charge in [0.1, 0.15) is 11.7 Å². The lowest BCUT2D eigenvalue weighted by molar-refractivity contribution is -0.117. The van der Waals surface area contributed by atoms with Crippen LogP contribution in [-0.2, 0) is 4.79 Å². The Morgan fingerprint density at radius 3 is 2.84 bits per heavy atom. The number of carbonyl (C=O) groups excluding carboxylic acids is 1. The van der Waals surface area contributed by atoms with Gasteiger partial charge in [0.2, 0.25) is 5.91 Å². The lowest BCUT2D eigenvalue weighted by Crippen LogP contribution is -2.16. The zero-order valence-corrected chi connectivity index (χ0v) is 14.1. The van der Waals surface area contributed by atoms with Gasteiger partial charge >= 0.3 is 0 Å². The quantitative estimate of drug-likeness (QED) is 0.771. The molecule has 2 aromatic heterocycles. The summed E-state index contributed by atoms with van der Waals surface area (Å²) in [7, 11) is 0. The summed E-state index contributed by atoms with van der Waals surface area (Å²) >= 11 is 6.35. The normalized spacial score (nSPS) is 19.0. The Bertz CT molecular complexity index is 994. The van der Waals surface area contributed by atoms with E-state index >= 15 is 0 Å². The maximum absolute atomic E-state index is 13.0. The number of nitrogens with one attached hydrogen (secondary N) is 1. The number of benzene rings is 1. The smallest absolute Gasteiger partial charge is 0.231 e. The third-order valence-corrected chi connectivity index (χ3v) is 4.56. The number of hydrogen-bond donors (Lipinski definition) is 1. The fourth-order valence-electron chi connectivity index (χ4n) is 2.78. The van der Waals surface area contributed by atoms with Crippen LogP contribution in [0.1, 0.15) is 12.0 Å². The minimum Gasteiger partial charge on any atom is -0.309 e. The molecule has 2 heterocycles. The number of hydrogen-bond acceptors (Lipinski definition) is 4. The van der Waals surface area contributed by atoms with Crippen LogP contribution in [0.2, 0.25) is 5.02 Å². The lowest BCUT2D eigenvalue weighted by Gasteiger charge is -2.09. The third kappa shape index (κ3) is 3.05. The van der Waals surface area contributed by atoms with E-state index < -0.39 is 12.1 Å². The van der Waals surface area contributed by atoms with Crippen molar-refractivity contribution >= 4 is 34.2 Å². The Kier molecular flexibility index (Phi) is 3.84. The Balaban J connectivity index is 1.73. The third-order valence-electron chi connectivity index (χ3n) is 4.27. The first-order chi connectivity index (χ1) is 12.0. The van der Waals surface area contributed by atoms with E-state index in [0.717, 1.165) is 22.1 Å². The lowest BCUT2D eigenvalue weighted by atomic mass is 10.0. The molecule has 7 heteroatoms. The van der Waals surface area contributed by atoms with Crippen LogP contribution in [0.5, 0.6) is 0 Å². The number of nitrogens with zero attached hydrogens (tertiary/aromatic N) is 3. The van der Waals surface area contributed by atoms with E-state index in [-0.39, 0.29) is 18.1 Å². The van der Waals surface area contributed by atoms with E-state index in [1.807, 2.05) is 25.1 Å². The van der Waals surface area contributed by atoms with Gasteiger partial charge in [-0.3, -0.25) is 9.78 Å². The molecule has 0 radical (unpaired) electrons. The monoisotopic (exact) mass is 356 g/mol. The Morgan fingerprint density at radius 2 is 2.12 bits per heavy atom. The van der Waals surface area contributed by atoms with Gasteiger partial charge in [0.15, 0.2) is 5.82 Å². The van der Waals surface area contributed by atoms with Gasteiger partial charge < -0.3 is 5.32 Å². The summed E-state index contributed by atoms with van der Waals surface area (Å²) in [4.78, 5) is 16.0. The highest BCUT2D eigenvalue weighted by Gasteiger charge is 2.43. The maximum atomic E-state index is 13.0. The number of carbonyl (C=O) groups is 1. The van der Waals surface area contributed by atoms with E-state index in [1.54, 1.807) is 18.5 Å². The van der Waals surface area contributed by atoms with Gasteiger partial charge in [-0.1, -0.05) is 11.6 Å². The number of fused-ring (bicyclic) bond motifs is 1. The molecule has 0 saturated heterocycles. The highest BCUT2D eigenvalue weighted by molar-refractivity contribution is 6.35. The van der Waals surface area contributed by atoms with Gasteiger partial charge in [-0.2, -0.15) is 0 Å². The summed E-state index contributed by atoms with van der Waals surface area (Å²) < 4.78 is 13.0. The van der Waals surface area contributed by atoms with E-state index in [0.29, 0.717) is 10.5 Å². The molecule has 1 aliphatic rings.